The average Bonchev–Trinajstić information content (AvgIpc) is 3.69. The van der Waals surface area contributed by atoms with Gasteiger partial charge in [-0.3, -0.25) is 0 Å². The monoisotopic (exact) mass is 475 g/mol. The van der Waals surface area contributed by atoms with E-state index in [1.807, 2.05) is 37.9 Å². The van der Waals surface area contributed by atoms with Crippen molar-refractivity contribution in [1.82, 2.24) is 24.6 Å². The number of carbonyl (C=O) groups is 1. The third-order valence-electron chi connectivity index (χ3n) is 7.37. The molecule has 1 amide bonds. The number of benzene rings is 1. The SMILES string of the molecule is CC(C)(C)OC(=O)N(CC1(c2noc(-c3cn4c(n3)CCCC4)n2)CC1)C1CC1c1ccccc1. The van der Waals surface area contributed by atoms with Crippen LogP contribution in [0.1, 0.15) is 76.0 Å². The minimum Gasteiger partial charge on any atom is -0.444 e. The predicted octanol–water partition coefficient (Wildman–Crippen LogP) is 5.09. The third-order valence-corrected chi connectivity index (χ3v) is 7.37. The lowest BCUT2D eigenvalue weighted by molar-refractivity contribution is 0.0208. The molecule has 2 aromatic heterocycles. The first kappa shape index (κ1) is 22.3. The molecule has 2 saturated carbocycles. The molecule has 2 unspecified atom stereocenters. The molecular weight excluding hydrogens is 442 g/mol. The summed E-state index contributed by atoms with van der Waals surface area (Å²) in [6.45, 7) is 7.26. The van der Waals surface area contributed by atoms with Crippen LogP contribution in [0.25, 0.3) is 11.6 Å². The Balaban J connectivity index is 1.23. The molecule has 2 aliphatic carbocycles. The van der Waals surface area contributed by atoms with Gasteiger partial charge in [-0.2, -0.15) is 4.98 Å². The van der Waals surface area contributed by atoms with Gasteiger partial charge in [0.05, 0.1) is 5.41 Å². The fraction of sp³-hybridized carbons (Fsp3) is 0.556. The molecule has 0 bridgehead atoms. The van der Waals surface area contributed by atoms with Crippen molar-refractivity contribution in [2.75, 3.05) is 6.54 Å². The number of imidazole rings is 1. The molecular formula is C27H33N5O3. The Hall–Kier alpha value is -3.16. The fourth-order valence-electron chi connectivity index (χ4n) is 5.21. The Bertz CT molecular complexity index is 1200. The summed E-state index contributed by atoms with van der Waals surface area (Å²) in [4.78, 5) is 24.7. The second-order valence-corrected chi connectivity index (χ2v) is 11.3. The molecule has 8 heteroatoms. The molecule has 0 radical (unpaired) electrons. The van der Waals surface area contributed by atoms with E-state index in [0.717, 1.165) is 43.7 Å². The van der Waals surface area contributed by atoms with Crippen molar-refractivity contribution < 1.29 is 14.1 Å². The van der Waals surface area contributed by atoms with Crippen LogP contribution < -0.4 is 0 Å². The highest BCUT2D eigenvalue weighted by atomic mass is 16.6. The number of hydrogen-bond donors (Lipinski definition) is 0. The fourth-order valence-corrected chi connectivity index (χ4v) is 5.21. The second-order valence-electron chi connectivity index (χ2n) is 11.3. The van der Waals surface area contributed by atoms with Crippen LogP contribution in [-0.4, -0.2) is 48.9 Å². The normalized spacial score (nSPS) is 22.4. The average molecular weight is 476 g/mol. The van der Waals surface area contributed by atoms with E-state index in [1.165, 1.54) is 18.4 Å². The summed E-state index contributed by atoms with van der Waals surface area (Å²) in [5.74, 6) is 2.55. The van der Waals surface area contributed by atoms with Crippen LogP contribution in [0, 0.1) is 0 Å². The van der Waals surface area contributed by atoms with Crippen LogP contribution in [0.2, 0.25) is 0 Å². The largest absolute Gasteiger partial charge is 0.444 e. The molecule has 6 rings (SSSR count). The molecule has 8 nitrogen and oxygen atoms in total. The highest BCUT2D eigenvalue weighted by molar-refractivity contribution is 5.70. The van der Waals surface area contributed by atoms with Crippen LogP contribution in [0.5, 0.6) is 0 Å². The smallest absolute Gasteiger partial charge is 0.410 e. The van der Waals surface area contributed by atoms with Gasteiger partial charge in [-0.05, 0) is 58.4 Å². The molecule has 2 atom stereocenters. The number of amides is 1. The highest BCUT2D eigenvalue weighted by Crippen LogP contribution is 2.52. The zero-order valence-electron chi connectivity index (χ0n) is 20.7. The summed E-state index contributed by atoms with van der Waals surface area (Å²) in [6, 6.07) is 10.5. The Labute approximate surface area is 205 Å². The van der Waals surface area contributed by atoms with Gasteiger partial charge < -0.3 is 18.7 Å². The van der Waals surface area contributed by atoms with Gasteiger partial charge in [0.25, 0.3) is 5.89 Å². The van der Waals surface area contributed by atoms with Crippen LogP contribution in [-0.2, 0) is 23.1 Å². The number of rotatable bonds is 6. The van der Waals surface area contributed by atoms with Crippen molar-refractivity contribution in [3.63, 3.8) is 0 Å². The predicted molar refractivity (Wildman–Crippen MR) is 130 cm³/mol. The van der Waals surface area contributed by atoms with Gasteiger partial charge in [-0.15, -0.1) is 0 Å². The number of ether oxygens (including phenoxy) is 1. The summed E-state index contributed by atoms with van der Waals surface area (Å²) in [6.07, 6.45) is 7.87. The molecule has 3 aromatic rings. The summed E-state index contributed by atoms with van der Waals surface area (Å²) in [5, 5.41) is 4.36. The van der Waals surface area contributed by atoms with Crippen molar-refractivity contribution >= 4 is 6.09 Å². The molecule has 184 valence electrons. The van der Waals surface area contributed by atoms with Gasteiger partial charge in [0, 0.05) is 37.7 Å². The summed E-state index contributed by atoms with van der Waals surface area (Å²) < 4.78 is 13.7. The topological polar surface area (TPSA) is 86.3 Å². The molecule has 2 fully saturated rings. The third kappa shape index (κ3) is 4.46. The van der Waals surface area contributed by atoms with Gasteiger partial charge >= 0.3 is 6.09 Å². The minimum absolute atomic E-state index is 0.121. The lowest BCUT2D eigenvalue weighted by Crippen LogP contribution is -2.43. The Morgan fingerprint density at radius 1 is 1.20 bits per heavy atom. The van der Waals surface area contributed by atoms with E-state index < -0.39 is 5.60 Å². The molecule has 35 heavy (non-hydrogen) atoms. The standard InChI is InChI=1S/C27H33N5O3/c1-26(2,3)34-25(33)32(21-15-19(21)18-9-5-4-6-10-18)17-27(12-13-27)24-29-23(35-30-24)20-16-31-14-8-7-11-22(31)28-20/h4-6,9-10,16,19,21H,7-8,11-15,17H2,1-3H3. The van der Waals surface area contributed by atoms with Gasteiger partial charge in [-0.1, -0.05) is 35.5 Å². The number of aromatic nitrogens is 4. The van der Waals surface area contributed by atoms with Crippen LogP contribution in [0.15, 0.2) is 41.1 Å². The van der Waals surface area contributed by atoms with E-state index in [0.29, 0.717) is 24.2 Å². The van der Waals surface area contributed by atoms with E-state index in [9.17, 15) is 4.79 Å². The number of hydrogen-bond acceptors (Lipinski definition) is 6. The Morgan fingerprint density at radius 3 is 2.71 bits per heavy atom. The molecule has 0 N–H and O–H groups in total. The maximum absolute atomic E-state index is 13.3. The first-order chi connectivity index (χ1) is 16.8. The Kier molecular flexibility index (Phi) is 5.23. The molecule has 0 spiro atoms. The zero-order chi connectivity index (χ0) is 24.2. The van der Waals surface area contributed by atoms with Crippen molar-refractivity contribution in [2.45, 2.75) is 88.8 Å². The van der Waals surface area contributed by atoms with Crippen molar-refractivity contribution in [3.05, 3.63) is 53.7 Å². The van der Waals surface area contributed by atoms with Crippen molar-refractivity contribution in [2.24, 2.45) is 0 Å². The first-order valence-electron chi connectivity index (χ1n) is 12.8. The van der Waals surface area contributed by atoms with E-state index in [2.05, 4.69) is 34.0 Å². The van der Waals surface area contributed by atoms with Crippen molar-refractivity contribution in [3.8, 4) is 11.6 Å². The van der Waals surface area contributed by atoms with Gasteiger partial charge in [0.15, 0.2) is 5.82 Å². The number of fused-ring (bicyclic) bond motifs is 1. The lowest BCUT2D eigenvalue weighted by Gasteiger charge is -2.30. The maximum atomic E-state index is 13.3. The van der Waals surface area contributed by atoms with E-state index in [-0.39, 0.29) is 17.6 Å². The van der Waals surface area contributed by atoms with E-state index >= 15 is 0 Å². The van der Waals surface area contributed by atoms with Gasteiger partial charge in [0.1, 0.15) is 17.1 Å². The second kappa shape index (κ2) is 8.21. The number of carbonyl (C=O) groups excluding carboxylic acids is 1. The first-order valence-corrected chi connectivity index (χ1v) is 12.8. The van der Waals surface area contributed by atoms with Crippen molar-refractivity contribution in [1.29, 1.82) is 0 Å². The zero-order valence-corrected chi connectivity index (χ0v) is 20.7. The van der Waals surface area contributed by atoms with E-state index in [1.54, 1.807) is 0 Å². The van der Waals surface area contributed by atoms with Gasteiger partial charge in [-0.25, -0.2) is 9.78 Å². The minimum atomic E-state index is -0.553. The Morgan fingerprint density at radius 2 is 2.00 bits per heavy atom. The van der Waals surface area contributed by atoms with Gasteiger partial charge in [0.2, 0.25) is 0 Å². The summed E-state index contributed by atoms with van der Waals surface area (Å²) in [7, 11) is 0. The van der Waals surface area contributed by atoms with E-state index in [4.69, 9.17) is 19.2 Å². The summed E-state index contributed by atoms with van der Waals surface area (Å²) in [5.41, 5.74) is 1.16. The van der Waals surface area contributed by atoms with Crippen LogP contribution in [0.3, 0.4) is 0 Å². The quantitative estimate of drug-likeness (QED) is 0.493. The summed E-state index contributed by atoms with van der Waals surface area (Å²) >= 11 is 0. The molecule has 1 aromatic carbocycles. The van der Waals surface area contributed by atoms with Crippen LogP contribution in [0.4, 0.5) is 4.79 Å². The molecule has 1 aliphatic heterocycles. The van der Waals surface area contributed by atoms with Crippen LogP contribution >= 0.6 is 0 Å². The number of nitrogens with zero attached hydrogens (tertiary/aromatic N) is 5. The lowest BCUT2D eigenvalue weighted by atomic mass is 10.1. The molecule has 0 saturated heterocycles. The molecule has 3 aliphatic rings. The molecule has 3 heterocycles. The maximum Gasteiger partial charge on any atom is 0.410 e. The number of aryl methyl sites for hydroxylation is 2. The highest BCUT2D eigenvalue weighted by Gasteiger charge is 2.55.